The number of methoxy groups -OCH3 is 1. The molecular weight excluding hydrogens is 278 g/mol. The molecule has 0 N–H and O–H groups in total. The molecular formula is C14H16BrNO. The summed E-state index contributed by atoms with van der Waals surface area (Å²) in [6.07, 6.45) is 0. The zero-order valence-corrected chi connectivity index (χ0v) is 11.7. The second-order valence-electron chi connectivity index (χ2n) is 4.01. The Labute approximate surface area is 110 Å². The van der Waals surface area contributed by atoms with E-state index in [0.29, 0.717) is 0 Å². The standard InChI is InChI=1S/C14H16BrNO/c1-11-6-7-14(16(11)8-9-17-2)12-4-3-5-13(15)10-12/h3-7,10H,8-9H2,1-2H3. The van der Waals surface area contributed by atoms with Gasteiger partial charge in [-0.15, -0.1) is 0 Å². The minimum absolute atomic E-state index is 0.733. The fourth-order valence-corrected chi connectivity index (χ4v) is 2.35. The number of hydrogen-bond acceptors (Lipinski definition) is 1. The van der Waals surface area contributed by atoms with Crippen LogP contribution < -0.4 is 0 Å². The topological polar surface area (TPSA) is 14.2 Å². The van der Waals surface area contributed by atoms with Crippen molar-refractivity contribution in [1.29, 1.82) is 0 Å². The fraction of sp³-hybridized carbons (Fsp3) is 0.286. The molecule has 0 saturated heterocycles. The van der Waals surface area contributed by atoms with Gasteiger partial charge in [-0.25, -0.2) is 0 Å². The Morgan fingerprint density at radius 1 is 1.24 bits per heavy atom. The van der Waals surface area contributed by atoms with E-state index in [1.165, 1.54) is 17.0 Å². The van der Waals surface area contributed by atoms with Gasteiger partial charge in [0.25, 0.3) is 0 Å². The van der Waals surface area contributed by atoms with Crippen molar-refractivity contribution in [3.8, 4) is 11.3 Å². The average molecular weight is 294 g/mol. The molecule has 0 saturated carbocycles. The van der Waals surface area contributed by atoms with E-state index < -0.39 is 0 Å². The van der Waals surface area contributed by atoms with E-state index in [2.05, 4.69) is 57.8 Å². The number of hydrogen-bond donors (Lipinski definition) is 0. The third kappa shape index (κ3) is 2.79. The third-order valence-electron chi connectivity index (χ3n) is 2.84. The van der Waals surface area contributed by atoms with Crippen LogP contribution in [-0.2, 0) is 11.3 Å². The smallest absolute Gasteiger partial charge is 0.0642 e. The fourth-order valence-electron chi connectivity index (χ4n) is 1.95. The zero-order valence-electron chi connectivity index (χ0n) is 10.1. The molecule has 0 spiro atoms. The van der Waals surface area contributed by atoms with Crippen LogP contribution in [0.1, 0.15) is 5.69 Å². The lowest BCUT2D eigenvalue weighted by atomic mass is 10.1. The number of halogens is 1. The van der Waals surface area contributed by atoms with Gasteiger partial charge in [0.05, 0.1) is 6.61 Å². The summed E-state index contributed by atoms with van der Waals surface area (Å²) < 4.78 is 8.54. The molecule has 0 unspecified atom stereocenters. The van der Waals surface area contributed by atoms with Crippen LogP contribution in [0.4, 0.5) is 0 Å². The van der Waals surface area contributed by atoms with Crippen molar-refractivity contribution >= 4 is 15.9 Å². The molecule has 0 fully saturated rings. The Bertz CT molecular complexity index is 505. The van der Waals surface area contributed by atoms with Gasteiger partial charge in [0.2, 0.25) is 0 Å². The van der Waals surface area contributed by atoms with Crippen LogP contribution >= 0.6 is 15.9 Å². The van der Waals surface area contributed by atoms with E-state index in [0.717, 1.165) is 17.6 Å². The maximum atomic E-state index is 5.15. The van der Waals surface area contributed by atoms with E-state index in [1.807, 2.05) is 6.07 Å². The summed E-state index contributed by atoms with van der Waals surface area (Å²) in [6, 6.07) is 12.7. The molecule has 17 heavy (non-hydrogen) atoms. The van der Waals surface area contributed by atoms with E-state index in [9.17, 15) is 0 Å². The molecule has 2 rings (SSSR count). The van der Waals surface area contributed by atoms with Gasteiger partial charge >= 0.3 is 0 Å². The second kappa shape index (κ2) is 5.52. The third-order valence-corrected chi connectivity index (χ3v) is 3.33. The van der Waals surface area contributed by atoms with E-state index >= 15 is 0 Å². The first-order chi connectivity index (χ1) is 8.22. The van der Waals surface area contributed by atoms with Gasteiger partial charge in [0.15, 0.2) is 0 Å². The molecule has 0 aliphatic heterocycles. The summed E-state index contributed by atoms with van der Waals surface area (Å²) in [5.41, 5.74) is 3.72. The molecule has 1 aromatic carbocycles. The van der Waals surface area contributed by atoms with Crippen LogP contribution in [0, 0.1) is 6.92 Å². The highest BCUT2D eigenvalue weighted by atomic mass is 79.9. The Hall–Kier alpha value is -1.06. The predicted molar refractivity (Wildman–Crippen MR) is 74.2 cm³/mol. The first kappa shape index (κ1) is 12.4. The largest absolute Gasteiger partial charge is 0.383 e. The number of aryl methyl sites for hydroxylation is 1. The summed E-state index contributed by atoms with van der Waals surface area (Å²) in [7, 11) is 1.73. The second-order valence-corrected chi connectivity index (χ2v) is 4.93. The van der Waals surface area contributed by atoms with Gasteiger partial charge in [-0.05, 0) is 36.8 Å². The molecule has 0 atom stereocenters. The lowest BCUT2D eigenvalue weighted by molar-refractivity contribution is 0.187. The minimum Gasteiger partial charge on any atom is -0.383 e. The van der Waals surface area contributed by atoms with Crippen LogP contribution in [-0.4, -0.2) is 18.3 Å². The van der Waals surface area contributed by atoms with Crippen molar-refractivity contribution in [2.45, 2.75) is 13.5 Å². The number of benzene rings is 1. The van der Waals surface area contributed by atoms with Gasteiger partial charge < -0.3 is 9.30 Å². The van der Waals surface area contributed by atoms with Crippen molar-refractivity contribution in [2.24, 2.45) is 0 Å². The first-order valence-electron chi connectivity index (χ1n) is 5.63. The van der Waals surface area contributed by atoms with E-state index in [-0.39, 0.29) is 0 Å². The first-order valence-corrected chi connectivity index (χ1v) is 6.42. The molecule has 1 aromatic heterocycles. The predicted octanol–water partition coefficient (Wildman–Crippen LogP) is 3.87. The maximum absolute atomic E-state index is 5.15. The van der Waals surface area contributed by atoms with E-state index in [4.69, 9.17) is 4.74 Å². The van der Waals surface area contributed by atoms with Crippen molar-refractivity contribution in [3.05, 3.63) is 46.6 Å². The zero-order chi connectivity index (χ0) is 12.3. The van der Waals surface area contributed by atoms with Crippen LogP contribution in [0.3, 0.4) is 0 Å². The van der Waals surface area contributed by atoms with Gasteiger partial charge in [0, 0.05) is 29.5 Å². The van der Waals surface area contributed by atoms with Crippen molar-refractivity contribution in [3.63, 3.8) is 0 Å². The highest BCUT2D eigenvalue weighted by molar-refractivity contribution is 9.10. The summed E-state index contributed by atoms with van der Waals surface area (Å²) in [6.45, 7) is 3.74. The van der Waals surface area contributed by atoms with Crippen LogP contribution in [0.2, 0.25) is 0 Å². The molecule has 2 nitrogen and oxygen atoms in total. The Kier molecular flexibility index (Phi) is 4.02. The molecule has 0 aliphatic rings. The molecule has 2 aromatic rings. The lowest BCUT2D eigenvalue weighted by Gasteiger charge is -2.11. The van der Waals surface area contributed by atoms with Gasteiger partial charge in [-0.3, -0.25) is 0 Å². The maximum Gasteiger partial charge on any atom is 0.0642 e. The average Bonchev–Trinajstić information content (AvgIpc) is 2.68. The Morgan fingerprint density at radius 2 is 2.06 bits per heavy atom. The SMILES string of the molecule is COCCn1c(C)ccc1-c1cccc(Br)c1. The number of ether oxygens (including phenoxy) is 1. The van der Waals surface area contributed by atoms with Crippen molar-refractivity contribution in [1.82, 2.24) is 4.57 Å². The molecule has 0 radical (unpaired) electrons. The molecule has 0 aliphatic carbocycles. The quantitative estimate of drug-likeness (QED) is 0.835. The number of rotatable bonds is 4. The lowest BCUT2D eigenvalue weighted by Crippen LogP contribution is -2.07. The van der Waals surface area contributed by atoms with E-state index in [1.54, 1.807) is 7.11 Å². The molecule has 0 bridgehead atoms. The van der Waals surface area contributed by atoms with Crippen LogP contribution in [0.25, 0.3) is 11.3 Å². The number of aromatic nitrogens is 1. The van der Waals surface area contributed by atoms with Gasteiger partial charge in [-0.2, -0.15) is 0 Å². The highest BCUT2D eigenvalue weighted by Crippen LogP contribution is 2.25. The summed E-state index contributed by atoms with van der Waals surface area (Å²) in [5, 5.41) is 0. The summed E-state index contributed by atoms with van der Waals surface area (Å²) in [4.78, 5) is 0. The van der Waals surface area contributed by atoms with Crippen LogP contribution in [0.5, 0.6) is 0 Å². The highest BCUT2D eigenvalue weighted by Gasteiger charge is 2.07. The summed E-state index contributed by atoms with van der Waals surface area (Å²) >= 11 is 3.51. The molecule has 0 amide bonds. The minimum atomic E-state index is 0.733. The van der Waals surface area contributed by atoms with Crippen LogP contribution in [0.15, 0.2) is 40.9 Å². The number of nitrogens with zero attached hydrogens (tertiary/aromatic N) is 1. The van der Waals surface area contributed by atoms with Gasteiger partial charge in [0.1, 0.15) is 0 Å². The van der Waals surface area contributed by atoms with Gasteiger partial charge in [-0.1, -0.05) is 28.1 Å². The normalized spacial score (nSPS) is 10.8. The molecule has 90 valence electrons. The Balaban J connectivity index is 2.38. The summed E-state index contributed by atoms with van der Waals surface area (Å²) in [5.74, 6) is 0. The monoisotopic (exact) mass is 293 g/mol. The van der Waals surface area contributed by atoms with Crippen molar-refractivity contribution < 1.29 is 4.74 Å². The molecule has 3 heteroatoms. The van der Waals surface area contributed by atoms with Crippen molar-refractivity contribution in [2.75, 3.05) is 13.7 Å². The molecule has 1 heterocycles. The Morgan fingerprint density at radius 3 is 2.76 bits per heavy atom.